The maximum absolute atomic E-state index is 14.1. The summed E-state index contributed by atoms with van der Waals surface area (Å²) in [6.07, 6.45) is -1.58. The van der Waals surface area contributed by atoms with Gasteiger partial charge in [0.1, 0.15) is 11.4 Å². The average molecular weight is 448 g/mol. The topological polar surface area (TPSA) is 95.9 Å². The van der Waals surface area contributed by atoms with Crippen LogP contribution in [0.1, 0.15) is 32.8 Å². The highest BCUT2D eigenvalue weighted by Gasteiger charge is 2.36. The lowest BCUT2D eigenvalue weighted by atomic mass is 10.0. The van der Waals surface area contributed by atoms with Crippen molar-refractivity contribution in [1.82, 2.24) is 10.2 Å². The van der Waals surface area contributed by atoms with Gasteiger partial charge in [-0.1, -0.05) is 0 Å². The molecule has 0 aliphatic carbocycles. The van der Waals surface area contributed by atoms with Crippen LogP contribution in [-0.4, -0.2) is 57.3 Å². The van der Waals surface area contributed by atoms with Crippen molar-refractivity contribution in [2.24, 2.45) is 0 Å². The Kier molecular flexibility index (Phi) is 7.62. The highest BCUT2D eigenvalue weighted by Crippen LogP contribution is 2.25. The first-order valence-electron chi connectivity index (χ1n) is 9.14. The molecule has 0 radical (unpaired) electrons. The van der Waals surface area contributed by atoms with Gasteiger partial charge in [-0.25, -0.2) is 22.8 Å². The quantitative estimate of drug-likeness (QED) is 0.650. The molecule has 11 heteroatoms. The monoisotopic (exact) mass is 448 g/mol. The number of benzene rings is 1. The highest BCUT2D eigenvalue weighted by atomic mass is 32.2. The Hall–Kier alpha value is -2.43. The lowest BCUT2D eigenvalue weighted by Crippen LogP contribution is -2.46. The Morgan fingerprint density at radius 1 is 1.23 bits per heavy atom. The molecular formula is C19H23F3N2O5S. The van der Waals surface area contributed by atoms with Gasteiger partial charge in [-0.2, -0.15) is 0 Å². The Bertz CT molecular complexity index is 831. The summed E-state index contributed by atoms with van der Waals surface area (Å²) in [7, 11) is 0. The van der Waals surface area contributed by atoms with Crippen molar-refractivity contribution in [3.63, 3.8) is 0 Å². The van der Waals surface area contributed by atoms with Crippen LogP contribution >= 0.6 is 11.8 Å². The molecule has 1 unspecified atom stereocenters. The van der Waals surface area contributed by atoms with Crippen molar-refractivity contribution >= 4 is 29.7 Å². The fraction of sp³-hybridized carbons (Fsp3) is 0.526. The predicted molar refractivity (Wildman–Crippen MR) is 103 cm³/mol. The molecule has 7 nitrogen and oxygen atoms in total. The summed E-state index contributed by atoms with van der Waals surface area (Å²) >= 11 is 1.09. The van der Waals surface area contributed by atoms with E-state index in [1.807, 2.05) is 0 Å². The number of nitrogens with one attached hydrogen (secondary N) is 1. The number of carboxylic acids is 1. The number of hydrogen-bond donors (Lipinski definition) is 2. The molecule has 2 atom stereocenters. The van der Waals surface area contributed by atoms with Crippen LogP contribution in [0.25, 0.3) is 0 Å². The van der Waals surface area contributed by atoms with Crippen molar-refractivity contribution in [3.8, 4) is 0 Å². The summed E-state index contributed by atoms with van der Waals surface area (Å²) in [5, 5.41) is 10.6. The van der Waals surface area contributed by atoms with Gasteiger partial charge in [-0.15, -0.1) is 11.8 Å². The SMILES string of the molecule is CC(C)(C)OC(=O)NC(CC(=O)N1CCS[C@H]1C(=O)O)Cc1cc(F)c(F)cc1F. The van der Waals surface area contributed by atoms with Crippen LogP contribution in [-0.2, 0) is 20.7 Å². The minimum Gasteiger partial charge on any atom is -0.479 e. The molecule has 166 valence electrons. The van der Waals surface area contributed by atoms with Crippen molar-refractivity contribution in [2.75, 3.05) is 12.3 Å². The molecule has 1 aliphatic rings. The number of carbonyl (C=O) groups is 3. The van der Waals surface area contributed by atoms with Crippen LogP contribution in [0, 0.1) is 17.5 Å². The Morgan fingerprint density at radius 3 is 2.47 bits per heavy atom. The third-order valence-electron chi connectivity index (χ3n) is 4.12. The third-order valence-corrected chi connectivity index (χ3v) is 5.31. The minimum atomic E-state index is -1.36. The van der Waals surface area contributed by atoms with Crippen LogP contribution < -0.4 is 5.32 Å². The summed E-state index contributed by atoms with van der Waals surface area (Å²) in [6, 6.07) is 0.00553. The van der Waals surface area contributed by atoms with Crippen molar-refractivity contribution in [2.45, 2.75) is 50.6 Å². The van der Waals surface area contributed by atoms with Gasteiger partial charge >= 0.3 is 12.1 Å². The molecule has 1 fully saturated rings. The second-order valence-electron chi connectivity index (χ2n) is 7.76. The number of hydrogen-bond acceptors (Lipinski definition) is 5. The molecule has 1 saturated heterocycles. The number of amides is 2. The molecule has 30 heavy (non-hydrogen) atoms. The first-order valence-corrected chi connectivity index (χ1v) is 10.2. The van der Waals surface area contributed by atoms with Crippen LogP contribution in [0.4, 0.5) is 18.0 Å². The number of rotatable bonds is 6. The zero-order chi connectivity index (χ0) is 22.6. The van der Waals surface area contributed by atoms with Crippen LogP contribution in [0.2, 0.25) is 0 Å². The van der Waals surface area contributed by atoms with E-state index >= 15 is 0 Å². The Balaban J connectivity index is 2.20. The second kappa shape index (κ2) is 9.59. The van der Waals surface area contributed by atoms with Gasteiger partial charge in [0.2, 0.25) is 5.91 Å². The van der Waals surface area contributed by atoms with E-state index in [2.05, 4.69) is 5.32 Å². The normalized spacial score (nSPS) is 17.5. The number of thioether (sulfide) groups is 1. The molecule has 0 spiro atoms. The zero-order valence-corrected chi connectivity index (χ0v) is 17.5. The Labute approximate surface area is 175 Å². The smallest absolute Gasteiger partial charge is 0.407 e. The minimum absolute atomic E-state index is 0.208. The average Bonchev–Trinajstić information content (AvgIpc) is 3.08. The van der Waals surface area contributed by atoms with Crippen LogP contribution in [0.5, 0.6) is 0 Å². The molecule has 2 amide bonds. The molecular weight excluding hydrogens is 425 g/mol. The number of nitrogens with zero attached hydrogens (tertiary/aromatic N) is 1. The number of aliphatic carboxylic acids is 1. The van der Waals surface area contributed by atoms with Crippen LogP contribution in [0.3, 0.4) is 0 Å². The first kappa shape index (κ1) is 23.8. The maximum Gasteiger partial charge on any atom is 0.407 e. The molecule has 0 saturated carbocycles. The van der Waals surface area contributed by atoms with Gasteiger partial charge in [0.25, 0.3) is 0 Å². The molecule has 1 aromatic rings. The summed E-state index contributed by atoms with van der Waals surface area (Å²) in [5.74, 6) is -4.97. The van der Waals surface area contributed by atoms with Gasteiger partial charge in [-0.05, 0) is 38.8 Å². The lowest BCUT2D eigenvalue weighted by Gasteiger charge is -2.26. The van der Waals surface area contributed by atoms with E-state index in [4.69, 9.17) is 4.74 Å². The molecule has 0 aromatic heterocycles. The van der Waals surface area contributed by atoms with Crippen molar-refractivity contribution < 1.29 is 37.4 Å². The fourth-order valence-electron chi connectivity index (χ4n) is 2.89. The number of alkyl carbamates (subject to hydrolysis) is 1. The van der Waals surface area contributed by atoms with Crippen LogP contribution in [0.15, 0.2) is 12.1 Å². The van der Waals surface area contributed by atoms with Gasteiger partial charge in [0.15, 0.2) is 17.0 Å². The van der Waals surface area contributed by atoms with Crippen molar-refractivity contribution in [3.05, 3.63) is 35.1 Å². The van der Waals surface area contributed by atoms with Gasteiger partial charge < -0.3 is 20.1 Å². The summed E-state index contributed by atoms with van der Waals surface area (Å²) in [6.45, 7) is 5.08. The molecule has 1 heterocycles. The van der Waals surface area contributed by atoms with E-state index in [-0.39, 0.29) is 24.9 Å². The maximum atomic E-state index is 14.1. The van der Waals surface area contributed by atoms with Gasteiger partial charge in [-0.3, -0.25) is 4.79 Å². The number of carbonyl (C=O) groups excluding carboxylic acids is 2. The zero-order valence-electron chi connectivity index (χ0n) is 16.7. The molecule has 2 rings (SSSR count). The first-order chi connectivity index (χ1) is 13.9. The highest BCUT2D eigenvalue weighted by molar-refractivity contribution is 8.00. The number of carboxylic acid groups (broad SMARTS) is 1. The molecule has 1 aromatic carbocycles. The molecule has 0 bridgehead atoms. The van der Waals surface area contributed by atoms with Crippen molar-refractivity contribution in [1.29, 1.82) is 0 Å². The fourth-order valence-corrected chi connectivity index (χ4v) is 3.96. The summed E-state index contributed by atoms with van der Waals surface area (Å²) in [5.41, 5.74) is -1.08. The lowest BCUT2D eigenvalue weighted by molar-refractivity contribution is -0.145. The molecule has 1 aliphatic heterocycles. The van der Waals surface area contributed by atoms with E-state index < -0.39 is 52.4 Å². The largest absolute Gasteiger partial charge is 0.479 e. The number of ether oxygens (including phenoxy) is 1. The third kappa shape index (κ3) is 6.54. The Morgan fingerprint density at radius 2 is 1.87 bits per heavy atom. The van der Waals surface area contributed by atoms with E-state index in [1.54, 1.807) is 20.8 Å². The van der Waals surface area contributed by atoms with Gasteiger partial charge in [0, 0.05) is 30.8 Å². The predicted octanol–water partition coefficient (Wildman–Crippen LogP) is 2.92. The van der Waals surface area contributed by atoms with E-state index in [9.17, 15) is 32.7 Å². The number of halogens is 3. The second-order valence-corrected chi connectivity index (χ2v) is 8.95. The standard InChI is InChI=1S/C19H23F3N2O5S/c1-19(2,3)29-18(28)23-11(6-10-7-13(21)14(22)9-12(10)20)8-15(25)24-4-5-30-16(24)17(26)27/h7,9,11,16H,4-6,8H2,1-3H3,(H,23,28)(H,26,27)/t11?,16-/m0/s1. The summed E-state index contributed by atoms with van der Waals surface area (Å²) < 4.78 is 46.0. The van der Waals surface area contributed by atoms with E-state index in [0.717, 1.165) is 16.7 Å². The van der Waals surface area contributed by atoms with Gasteiger partial charge in [0.05, 0.1) is 0 Å². The van der Waals surface area contributed by atoms with E-state index in [1.165, 1.54) is 0 Å². The summed E-state index contributed by atoms with van der Waals surface area (Å²) in [4.78, 5) is 37.3. The van der Waals surface area contributed by atoms with E-state index in [0.29, 0.717) is 17.9 Å². The molecule has 2 N–H and O–H groups in total.